The van der Waals surface area contributed by atoms with Crippen molar-refractivity contribution in [2.24, 2.45) is 10.5 Å². The van der Waals surface area contributed by atoms with Crippen LogP contribution in [0.2, 0.25) is 5.02 Å². The number of carbonyl (C=O) groups excluding carboxylic acids is 1. The van der Waals surface area contributed by atoms with E-state index in [1.165, 1.54) is 0 Å². The molecule has 2 aromatic rings. The summed E-state index contributed by atoms with van der Waals surface area (Å²) < 4.78 is 5.32. The van der Waals surface area contributed by atoms with Gasteiger partial charge in [0.05, 0.1) is 24.6 Å². The quantitative estimate of drug-likeness (QED) is 0.632. The molecule has 1 N–H and O–H groups in total. The van der Waals surface area contributed by atoms with Crippen LogP contribution < -0.4 is 10.3 Å². The molecule has 0 spiro atoms. The van der Waals surface area contributed by atoms with Crippen molar-refractivity contribution >= 4 is 34.7 Å². The number of carbonyl (C=O) groups is 1. The summed E-state index contributed by atoms with van der Waals surface area (Å²) in [5.41, 5.74) is 4.86. The third-order valence-electron chi connectivity index (χ3n) is 4.50. The Morgan fingerprint density at radius 2 is 1.92 bits per heavy atom. The van der Waals surface area contributed by atoms with Gasteiger partial charge in [-0.2, -0.15) is 5.10 Å². The van der Waals surface area contributed by atoms with Gasteiger partial charge >= 0.3 is 5.97 Å². The second kappa shape index (κ2) is 7.79. The third-order valence-corrected chi connectivity index (χ3v) is 4.75. The van der Waals surface area contributed by atoms with Crippen LogP contribution in [0.3, 0.4) is 0 Å². The smallest absolute Gasteiger partial charge is 0.319 e. The van der Waals surface area contributed by atoms with Crippen molar-refractivity contribution in [3.63, 3.8) is 0 Å². The minimum atomic E-state index is -0.808. The molecule has 1 aliphatic heterocycles. The number of ether oxygens (including phenoxy) is 1. The minimum Gasteiger partial charge on any atom is -0.465 e. The summed E-state index contributed by atoms with van der Waals surface area (Å²) in [6.07, 6.45) is 0. The summed E-state index contributed by atoms with van der Waals surface area (Å²) in [4.78, 5) is 14.8. The van der Waals surface area contributed by atoms with Crippen molar-refractivity contribution in [1.82, 2.24) is 0 Å². The minimum absolute atomic E-state index is 0.259. The molecule has 1 heterocycles. The molecule has 1 fully saturated rings. The van der Waals surface area contributed by atoms with Crippen LogP contribution in [0, 0.1) is 5.41 Å². The first-order valence-electron chi connectivity index (χ1n) is 8.59. The largest absolute Gasteiger partial charge is 0.465 e. The number of nitrogens with one attached hydrogen (secondary N) is 1. The maximum Gasteiger partial charge on any atom is 0.319 e. The van der Waals surface area contributed by atoms with E-state index in [0.29, 0.717) is 24.7 Å². The van der Waals surface area contributed by atoms with Crippen LogP contribution in [0.15, 0.2) is 59.7 Å². The average molecular weight is 372 g/mol. The average Bonchev–Trinajstić information content (AvgIpc) is 3.00. The summed E-state index contributed by atoms with van der Waals surface area (Å²) in [5, 5.41) is 5.22. The monoisotopic (exact) mass is 371 g/mol. The Hall–Kier alpha value is -2.53. The Morgan fingerprint density at radius 3 is 2.58 bits per heavy atom. The van der Waals surface area contributed by atoms with Gasteiger partial charge in [0.1, 0.15) is 5.41 Å². The zero-order valence-electron chi connectivity index (χ0n) is 14.9. The molecule has 6 heteroatoms. The molecule has 1 unspecified atom stereocenters. The summed E-state index contributed by atoms with van der Waals surface area (Å²) in [7, 11) is 0. The number of esters is 1. The van der Waals surface area contributed by atoms with E-state index in [1.807, 2.05) is 68.4 Å². The van der Waals surface area contributed by atoms with Crippen LogP contribution in [0.1, 0.15) is 13.8 Å². The Morgan fingerprint density at radius 1 is 1.23 bits per heavy atom. The molecule has 1 aliphatic rings. The van der Waals surface area contributed by atoms with Crippen molar-refractivity contribution in [1.29, 1.82) is 0 Å². The van der Waals surface area contributed by atoms with Gasteiger partial charge in [0.15, 0.2) is 0 Å². The first-order chi connectivity index (χ1) is 12.5. The number of hydrazone groups is 1. The first-order valence-corrected chi connectivity index (χ1v) is 8.96. The second-order valence-electron chi connectivity index (χ2n) is 6.42. The highest BCUT2D eigenvalue weighted by Crippen LogP contribution is 2.33. The Labute approximate surface area is 158 Å². The fourth-order valence-corrected chi connectivity index (χ4v) is 3.12. The van der Waals surface area contributed by atoms with Crippen molar-refractivity contribution < 1.29 is 9.53 Å². The lowest BCUT2D eigenvalue weighted by Crippen LogP contribution is -2.38. The molecule has 136 valence electrons. The molecule has 0 amide bonds. The highest BCUT2D eigenvalue weighted by atomic mass is 35.5. The Bertz CT molecular complexity index is 792. The molecule has 0 bridgehead atoms. The van der Waals surface area contributed by atoms with Crippen LogP contribution in [0.25, 0.3) is 0 Å². The Balaban J connectivity index is 1.88. The summed E-state index contributed by atoms with van der Waals surface area (Å²) in [6.45, 7) is 5.08. The van der Waals surface area contributed by atoms with Gasteiger partial charge in [-0.15, -0.1) is 0 Å². The number of hydrogen-bond donors (Lipinski definition) is 1. The van der Waals surface area contributed by atoms with E-state index in [4.69, 9.17) is 16.3 Å². The van der Waals surface area contributed by atoms with Crippen molar-refractivity contribution in [3.8, 4) is 0 Å². The van der Waals surface area contributed by atoms with E-state index in [2.05, 4.69) is 15.4 Å². The van der Waals surface area contributed by atoms with Crippen molar-refractivity contribution in [3.05, 3.63) is 59.6 Å². The van der Waals surface area contributed by atoms with Crippen LogP contribution in [0.4, 0.5) is 11.4 Å². The number of nitrogens with zero attached hydrogens (tertiary/aromatic N) is 2. The molecular formula is C20H22ClN3O2. The Kier molecular flexibility index (Phi) is 5.47. The number of anilines is 2. The van der Waals surface area contributed by atoms with Gasteiger partial charge in [-0.3, -0.25) is 10.2 Å². The molecule has 0 radical (unpaired) electrons. The van der Waals surface area contributed by atoms with E-state index in [9.17, 15) is 4.79 Å². The topological polar surface area (TPSA) is 53.9 Å². The molecule has 1 saturated heterocycles. The number of hydrogen-bond acceptors (Lipinski definition) is 5. The molecule has 0 aromatic heterocycles. The zero-order valence-corrected chi connectivity index (χ0v) is 15.7. The third kappa shape index (κ3) is 3.83. The van der Waals surface area contributed by atoms with Gasteiger partial charge in [0, 0.05) is 17.3 Å². The van der Waals surface area contributed by atoms with Crippen molar-refractivity contribution in [2.45, 2.75) is 13.8 Å². The van der Waals surface area contributed by atoms with Crippen LogP contribution in [0.5, 0.6) is 0 Å². The van der Waals surface area contributed by atoms with Gasteiger partial charge in [-0.1, -0.05) is 29.8 Å². The molecule has 0 saturated carbocycles. The van der Waals surface area contributed by atoms with E-state index in [1.54, 1.807) is 0 Å². The lowest BCUT2D eigenvalue weighted by Gasteiger charge is -2.23. The summed E-state index contributed by atoms with van der Waals surface area (Å²) in [5.74, 6) is -0.259. The van der Waals surface area contributed by atoms with E-state index < -0.39 is 5.41 Å². The standard InChI is InChI=1S/C20H22ClN3O2/c1-3-26-19(25)20(2)14-24(17-11-9-15(21)10-12-17)13-18(20)23-22-16-7-5-4-6-8-16/h4-12,22H,3,13-14H2,1-2H3/b23-18+. The SMILES string of the molecule is CCOC(=O)C1(C)CN(c2ccc(Cl)cc2)C/C1=N\Nc1ccccc1. The van der Waals surface area contributed by atoms with Gasteiger partial charge in [-0.05, 0) is 50.2 Å². The lowest BCUT2D eigenvalue weighted by atomic mass is 9.88. The zero-order chi connectivity index (χ0) is 18.6. The fraction of sp³-hybridized carbons (Fsp3) is 0.300. The molecule has 26 heavy (non-hydrogen) atoms. The van der Waals surface area contributed by atoms with Crippen LogP contribution in [-0.4, -0.2) is 31.4 Å². The second-order valence-corrected chi connectivity index (χ2v) is 6.86. The number of rotatable bonds is 5. The first kappa shape index (κ1) is 18.3. The number of para-hydroxylation sites is 1. The number of benzene rings is 2. The molecule has 3 rings (SSSR count). The van der Waals surface area contributed by atoms with E-state index in [0.717, 1.165) is 17.1 Å². The highest BCUT2D eigenvalue weighted by molar-refractivity contribution is 6.30. The summed E-state index contributed by atoms with van der Waals surface area (Å²) >= 11 is 5.99. The maximum absolute atomic E-state index is 12.6. The molecule has 0 aliphatic carbocycles. The van der Waals surface area contributed by atoms with Crippen LogP contribution in [-0.2, 0) is 9.53 Å². The maximum atomic E-state index is 12.6. The highest BCUT2D eigenvalue weighted by Gasteiger charge is 2.47. The van der Waals surface area contributed by atoms with E-state index >= 15 is 0 Å². The normalized spacial score (nSPS) is 21.0. The van der Waals surface area contributed by atoms with E-state index in [-0.39, 0.29) is 5.97 Å². The van der Waals surface area contributed by atoms with Gasteiger partial charge < -0.3 is 9.64 Å². The molecule has 1 atom stereocenters. The van der Waals surface area contributed by atoms with Crippen molar-refractivity contribution in [2.75, 3.05) is 30.0 Å². The molecule has 5 nitrogen and oxygen atoms in total. The predicted octanol–water partition coefficient (Wildman–Crippen LogP) is 4.20. The lowest BCUT2D eigenvalue weighted by molar-refractivity contribution is -0.149. The summed E-state index contributed by atoms with van der Waals surface area (Å²) in [6, 6.07) is 17.2. The van der Waals surface area contributed by atoms with Crippen LogP contribution >= 0.6 is 11.6 Å². The van der Waals surface area contributed by atoms with Gasteiger partial charge in [-0.25, -0.2) is 0 Å². The fourth-order valence-electron chi connectivity index (χ4n) is 2.99. The predicted molar refractivity (Wildman–Crippen MR) is 106 cm³/mol. The number of halogens is 1. The van der Waals surface area contributed by atoms with Gasteiger partial charge in [0.2, 0.25) is 0 Å². The molecular weight excluding hydrogens is 350 g/mol. The van der Waals surface area contributed by atoms with Gasteiger partial charge in [0.25, 0.3) is 0 Å². The molecule has 2 aromatic carbocycles.